The average Bonchev–Trinajstić information content (AvgIpc) is 3.27. The predicted octanol–water partition coefficient (Wildman–Crippen LogP) is -2.03. The quantitative estimate of drug-likeness (QED) is 0.292. The first-order valence-electron chi connectivity index (χ1n) is 9.56. The van der Waals surface area contributed by atoms with Crippen LogP contribution in [-0.4, -0.2) is 83.0 Å². The zero-order valence-corrected chi connectivity index (χ0v) is 17.5. The number of ketones is 1. The number of nitrogens with two attached hydrogens (primary N) is 2. The van der Waals surface area contributed by atoms with Crippen LogP contribution in [0.3, 0.4) is 0 Å². The van der Waals surface area contributed by atoms with Gasteiger partial charge in [-0.25, -0.2) is 22.7 Å². The third-order valence-electron chi connectivity index (χ3n) is 5.36. The summed E-state index contributed by atoms with van der Waals surface area (Å²) in [5, 5.41) is 30.5. The zero-order valence-electron chi connectivity index (χ0n) is 16.6. The van der Waals surface area contributed by atoms with Gasteiger partial charge in [0.15, 0.2) is 23.6 Å². The number of para-hydroxylation sites is 1. The molecular formula is C18H22N6O7S. The summed E-state index contributed by atoms with van der Waals surface area (Å²) < 4.78 is 32.8. The van der Waals surface area contributed by atoms with E-state index in [2.05, 4.69) is 9.97 Å². The normalized spacial score (nSPS) is 25.2. The van der Waals surface area contributed by atoms with Crippen LogP contribution >= 0.6 is 0 Å². The summed E-state index contributed by atoms with van der Waals surface area (Å²) in [7, 11) is -4.33. The first kappa shape index (κ1) is 22.2. The third kappa shape index (κ3) is 3.61. The second-order valence-corrected chi connectivity index (χ2v) is 9.26. The maximum atomic E-state index is 13.2. The van der Waals surface area contributed by atoms with Gasteiger partial charge in [0.2, 0.25) is 10.0 Å². The summed E-state index contributed by atoms with van der Waals surface area (Å²) in [5.41, 5.74) is 11.3. The Morgan fingerprint density at radius 2 is 1.94 bits per heavy atom. The van der Waals surface area contributed by atoms with Crippen molar-refractivity contribution >= 4 is 33.1 Å². The highest BCUT2D eigenvalue weighted by Gasteiger charge is 2.50. The first-order valence-corrected chi connectivity index (χ1v) is 11.2. The number of Topliss-reactive ketones (excluding diaryl/α,β-unsaturated/α-hetero) is 1. The number of nitrogen functional groups attached to an aromatic ring is 1. The number of aromatic hydroxyl groups is 1. The molecule has 3 heterocycles. The van der Waals surface area contributed by atoms with Crippen LogP contribution in [0.25, 0.3) is 0 Å². The number of nitrogens with zero attached hydrogens (tertiary/aromatic N) is 4. The van der Waals surface area contributed by atoms with Crippen LogP contribution in [0.15, 0.2) is 30.6 Å². The molecule has 1 fully saturated rings. The van der Waals surface area contributed by atoms with Gasteiger partial charge in [-0.3, -0.25) is 4.79 Å². The summed E-state index contributed by atoms with van der Waals surface area (Å²) in [5.74, 6) is -2.25. The maximum Gasteiger partial charge on any atom is 0.244 e. The number of hydrogen-bond donors (Lipinski definition) is 5. The van der Waals surface area contributed by atoms with Gasteiger partial charge in [-0.1, -0.05) is 12.1 Å². The lowest BCUT2D eigenvalue weighted by Gasteiger charge is -2.28. The summed E-state index contributed by atoms with van der Waals surface area (Å²) in [6, 6.07) is 5.59. The van der Waals surface area contributed by atoms with Gasteiger partial charge >= 0.3 is 0 Å². The fraction of sp³-hybridized carbons (Fsp3) is 0.389. The van der Waals surface area contributed by atoms with Gasteiger partial charge in [0.25, 0.3) is 0 Å². The minimum Gasteiger partial charge on any atom is -0.507 e. The molecule has 0 bridgehead atoms. The molecule has 32 heavy (non-hydrogen) atoms. The largest absolute Gasteiger partial charge is 0.507 e. The molecule has 2 aromatic rings. The number of aliphatic hydroxyl groups excluding tert-OH is 2. The van der Waals surface area contributed by atoms with Crippen molar-refractivity contribution in [2.24, 2.45) is 5.73 Å². The number of aromatic nitrogens is 2. The number of aliphatic hydroxyl groups is 2. The minimum absolute atomic E-state index is 0.0463. The Morgan fingerprint density at radius 3 is 2.59 bits per heavy atom. The number of carbonyl (C=O) groups excluding carboxylic acids is 1. The Balaban J connectivity index is 1.67. The molecule has 0 spiro atoms. The molecule has 13 nitrogen and oxygen atoms in total. The second-order valence-electron chi connectivity index (χ2n) is 7.37. The van der Waals surface area contributed by atoms with Crippen LogP contribution in [0.1, 0.15) is 10.4 Å². The molecule has 0 saturated carbocycles. The molecule has 1 saturated heterocycles. The highest BCUT2D eigenvalue weighted by Crippen LogP contribution is 2.42. The van der Waals surface area contributed by atoms with Gasteiger partial charge in [-0.15, -0.1) is 0 Å². The Morgan fingerprint density at radius 1 is 1.22 bits per heavy atom. The Bertz CT molecular complexity index is 1150. The van der Waals surface area contributed by atoms with Crippen molar-refractivity contribution < 1.29 is 33.3 Å². The summed E-state index contributed by atoms with van der Waals surface area (Å²) in [6.07, 6.45) is -3.62. The van der Waals surface area contributed by atoms with E-state index in [-0.39, 0.29) is 35.2 Å². The van der Waals surface area contributed by atoms with E-state index >= 15 is 0 Å². The fourth-order valence-electron chi connectivity index (χ4n) is 3.75. The van der Waals surface area contributed by atoms with E-state index in [1.807, 2.05) is 0 Å². The Labute approximate surface area is 182 Å². The molecule has 2 aliphatic rings. The van der Waals surface area contributed by atoms with E-state index in [9.17, 15) is 28.5 Å². The van der Waals surface area contributed by atoms with Crippen molar-refractivity contribution in [2.75, 3.05) is 33.9 Å². The number of hydrogen-bond acceptors (Lipinski definition) is 12. The van der Waals surface area contributed by atoms with Crippen LogP contribution in [-0.2, 0) is 14.8 Å². The molecule has 14 heteroatoms. The van der Waals surface area contributed by atoms with Crippen LogP contribution in [0.2, 0.25) is 0 Å². The van der Waals surface area contributed by atoms with Crippen LogP contribution < -0.4 is 20.7 Å². The fourth-order valence-corrected chi connectivity index (χ4v) is 5.14. The van der Waals surface area contributed by atoms with Crippen LogP contribution in [0, 0.1) is 0 Å². The molecule has 172 valence electrons. The second kappa shape index (κ2) is 8.14. The molecule has 0 amide bonds. The molecule has 0 aliphatic carbocycles. The number of phenols is 1. The Hall–Kier alpha value is -3.04. The number of fused-ring (bicyclic) bond motifs is 1. The lowest BCUT2D eigenvalue weighted by Crippen LogP contribution is -2.47. The van der Waals surface area contributed by atoms with Gasteiger partial charge in [0.1, 0.15) is 48.5 Å². The summed E-state index contributed by atoms with van der Waals surface area (Å²) in [6.45, 7) is -0.473. The standard InChI is InChI=1S/C18H22N6O7S/c19-5-12-14(27)15(28)18(31-12)23-8-24(13-16(20)21-7-22-17(13)23)32(29,30)6-11(26)9-3-1-2-4-10(9)25/h1-4,7,12,14-15,18,25,27-28H,5-6,8,19H2,(H2,20,21,22)/t12-,14?,15?,18-/m1/s1. The molecule has 2 unspecified atom stereocenters. The zero-order chi connectivity index (χ0) is 23.2. The van der Waals surface area contributed by atoms with Crippen molar-refractivity contribution in [1.82, 2.24) is 9.97 Å². The van der Waals surface area contributed by atoms with E-state index in [0.717, 1.165) is 10.6 Å². The molecule has 2 aliphatic heterocycles. The summed E-state index contributed by atoms with van der Waals surface area (Å²) in [4.78, 5) is 21.8. The number of rotatable bonds is 6. The van der Waals surface area contributed by atoms with E-state index in [0.29, 0.717) is 0 Å². The monoisotopic (exact) mass is 466 g/mol. The van der Waals surface area contributed by atoms with Gasteiger partial charge in [-0.05, 0) is 12.1 Å². The van der Waals surface area contributed by atoms with Gasteiger partial charge in [0.05, 0.1) is 5.56 Å². The van der Waals surface area contributed by atoms with E-state index in [1.165, 1.54) is 29.2 Å². The van der Waals surface area contributed by atoms with Crippen LogP contribution in [0.4, 0.5) is 17.3 Å². The topological polar surface area (TPSA) is 205 Å². The lowest BCUT2D eigenvalue weighted by molar-refractivity contribution is 0.0119. The molecule has 4 atom stereocenters. The molecule has 1 aromatic heterocycles. The molecule has 0 radical (unpaired) electrons. The molecule has 7 N–H and O–H groups in total. The Kier molecular flexibility index (Phi) is 5.64. The third-order valence-corrected chi connectivity index (χ3v) is 6.96. The molecule has 4 rings (SSSR count). The molecular weight excluding hydrogens is 444 g/mol. The van der Waals surface area contributed by atoms with Crippen molar-refractivity contribution in [3.63, 3.8) is 0 Å². The predicted molar refractivity (Wildman–Crippen MR) is 112 cm³/mol. The van der Waals surface area contributed by atoms with E-state index in [4.69, 9.17) is 16.2 Å². The van der Waals surface area contributed by atoms with Crippen molar-refractivity contribution in [3.05, 3.63) is 36.2 Å². The number of ether oxygens (including phenoxy) is 1. The van der Waals surface area contributed by atoms with E-state index in [1.54, 1.807) is 0 Å². The van der Waals surface area contributed by atoms with Gasteiger partial charge < -0.3 is 36.4 Å². The van der Waals surface area contributed by atoms with E-state index < -0.39 is 52.8 Å². The number of sulfonamides is 1. The number of benzene rings is 1. The van der Waals surface area contributed by atoms with Crippen LogP contribution in [0.5, 0.6) is 5.75 Å². The first-order chi connectivity index (χ1) is 15.2. The molecule has 1 aromatic carbocycles. The lowest BCUT2D eigenvalue weighted by atomic mass is 10.1. The minimum atomic E-state index is -4.33. The average molecular weight is 466 g/mol. The SMILES string of the molecule is NC[C@H]1O[C@@H](N2CN(S(=O)(=O)CC(=O)c3ccccc3O)c3c(N)ncnc32)C(O)C1O. The highest BCUT2D eigenvalue weighted by molar-refractivity contribution is 7.93. The maximum absolute atomic E-state index is 13.2. The summed E-state index contributed by atoms with van der Waals surface area (Å²) >= 11 is 0. The van der Waals surface area contributed by atoms with Crippen molar-refractivity contribution in [1.29, 1.82) is 0 Å². The number of carbonyl (C=O) groups is 1. The number of phenolic OH excluding ortho intramolecular Hbond substituents is 1. The van der Waals surface area contributed by atoms with Gasteiger partial charge in [0, 0.05) is 6.54 Å². The highest BCUT2D eigenvalue weighted by atomic mass is 32.2. The van der Waals surface area contributed by atoms with Crippen molar-refractivity contribution in [3.8, 4) is 5.75 Å². The number of anilines is 3. The smallest absolute Gasteiger partial charge is 0.244 e. The van der Waals surface area contributed by atoms with Crippen molar-refractivity contribution in [2.45, 2.75) is 24.5 Å². The van der Waals surface area contributed by atoms with Gasteiger partial charge in [-0.2, -0.15) is 0 Å².